The van der Waals surface area contributed by atoms with E-state index in [4.69, 9.17) is 5.11 Å². The van der Waals surface area contributed by atoms with Gasteiger partial charge in [0.15, 0.2) is 5.78 Å². The van der Waals surface area contributed by atoms with E-state index in [1.54, 1.807) is 18.2 Å². The summed E-state index contributed by atoms with van der Waals surface area (Å²) in [5.41, 5.74) is 0.310. The predicted molar refractivity (Wildman–Crippen MR) is 50.6 cm³/mol. The van der Waals surface area contributed by atoms with Crippen LogP contribution in [0.25, 0.3) is 0 Å². The fourth-order valence-electron chi connectivity index (χ4n) is 1.81. The molecular weight excluding hydrogens is 180 g/mol. The fraction of sp³-hybridized carbons (Fsp3) is 0.273. The second kappa shape index (κ2) is 3.25. The minimum absolute atomic E-state index is 0.0730. The SMILES string of the molecule is O=C1C=CC2C=C(C(=O)O)C=CC2C1. The minimum Gasteiger partial charge on any atom is -0.478 e. The van der Waals surface area contributed by atoms with Gasteiger partial charge in [0.2, 0.25) is 0 Å². The van der Waals surface area contributed by atoms with Gasteiger partial charge in [-0.3, -0.25) is 4.79 Å². The zero-order chi connectivity index (χ0) is 10.1. The molecule has 2 unspecified atom stereocenters. The summed E-state index contributed by atoms with van der Waals surface area (Å²) in [5, 5.41) is 8.77. The molecule has 2 aliphatic rings. The van der Waals surface area contributed by atoms with Crippen LogP contribution in [0.1, 0.15) is 6.42 Å². The first-order valence-electron chi connectivity index (χ1n) is 4.51. The molecule has 3 heteroatoms. The van der Waals surface area contributed by atoms with Crippen molar-refractivity contribution >= 4 is 11.8 Å². The van der Waals surface area contributed by atoms with Crippen LogP contribution in [0.4, 0.5) is 0 Å². The molecule has 0 saturated carbocycles. The Kier molecular flexibility index (Phi) is 2.08. The van der Waals surface area contributed by atoms with Crippen LogP contribution in [0.2, 0.25) is 0 Å². The standard InChI is InChI=1S/C11H10O3/c12-10-4-3-7-5-9(11(13)14)2-1-8(7)6-10/h1-5,7-8H,6H2,(H,13,14). The molecule has 0 aromatic rings. The maximum Gasteiger partial charge on any atom is 0.335 e. The van der Waals surface area contributed by atoms with Crippen molar-refractivity contribution in [1.82, 2.24) is 0 Å². The molecule has 0 aromatic carbocycles. The van der Waals surface area contributed by atoms with Gasteiger partial charge >= 0.3 is 5.97 Å². The summed E-state index contributed by atoms with van der Waals surface area (Å²) >= 11 is 0. The summed E-state index contributed by atoms with van der Waals surface area (Å²) in [6.45, 7) is 0. The van der Waals surface area contributed by atoms with Crippen LogP contribution >= 0.6 is 0 Å². The van der Waals surface area contributed by atoms with Gasteiger partial charge in [0.05, 0.1) is 5.57 Å². The zero-order valence-corrected chi connectivity index (χ0v) is 7.51. The normalized spacial score (nSPS) is 29.7. The number of ketones is 1. The highest BCUT2D eigenvalue weighted by Gasteiger charge is 2.25. The van der Waals surface area contributed by atoms with Gasteiger partial charge in [-0.1, -0.05) is 24.3 Å². The van der Waals surface area contributed by atoms with Gasteiger partial charge in [0.25, 0.3) is 0 Å². The van der Waals surface area contributed by atoms with Crippen LogP contribution in [-0.2, 0) is 9.59 Å². The van der Waals surface area contributed by atoms with E-state index >= 15 is 0 Å². The molecule has 0 heterocycles. The largest absolute Gasteiger partial charge is 0.478 e. The molecule has 2 rings (SSSR count). The highest BCUT2D eigenvalue weighted by atomic mass is 16.4. The first kappa shape index (κ1) is 8.94. The van der Waals surface area contributed by atoms with Crippen LogP contribution < -0.4 is 0 Å². The third-order valence-electron chi connectivity index (χ3n) is 2.58. The van der Waals surface area contributed by atoms with Crippen LogP contribution in [0.3, 0.4) is 0 Å². The van der Waals surface area contributed by atoms with E-state index in [2.05, 4.69) is 0 Å². The molecule has 0 aromatic heterocycles. The van der Waals surface area contributed by atoms with E-state index in [0.29, 0.717) is 12.0 Å². The Bertz CT molecular complexity index is 374. The molecular formula is C11H10O3. The van der Waals surface area contributed by atoms with Crippen molar-refractivity contribution < 1.29 is 14.7 Å². The maximum absolute atomic E-state index is 11.1. The lowest BCUT2D eigenvalue weighted by molar-refractivity contribution is -0.132. The van der Waals surface area contributed by atoms with Gasteiger partial charge < -0.3 is 5.11 Å². The summed E-state index contributed by atoms with van der Waals surface area (Å²) in [6.07, 6.45) is 8.90. The molecule has 0 saturated heterocycles. The lowest BCUT2D eigenvalue weighted by Gasteiger charge is -2.24. The first-order chi connectivity index (χ1) is 6.66. The lowest BCUT2D eigenvalue weighted by atomic mass is 9.79. The summed E-state index contributed by atoms with van der Waals surface area (Å²) in [6, 6.07) is 0. The summed E-state index contributed by atoms with van der Waals surface area (Å²) in [5.74, 6) is -0.576. The van der Waals surface area contributed by atoms with Crippen molar-refractivity contribution in [2.45, 2.75) is 6.42 Å². The van der Waals surface area contributed by atoms with E-state index in [1.807, 2.05) is 6.08 Å². The predicted octanol–water partition coefficient (Wildman–Crippen LogP) is 1.33. The topological polar surface area (TPSA) is 54.4 Å². The fourth-order valence-corrected chi connectivity index (χ4v) is 1.81. The highest BCUT2D eigenvalue weighted by molar-refractivity contribution is 5.93. The molecule has 1 N–H and O–H groups in total. The molecule has 14 heavy (non-hydrogen) atoms. The van der Waals surface area contributed by atoms with E-state index in [0.717, 1.165) is 0 Å². The minimum atomic E-state index is -0.912. The van der Waals surface area contributed by atoms with E-state index in [1.165, 1.54) is 6.08 Å². The number of hydrogen-bond donors (Lipinski definition) is 1. The van der Waals surface area contributed by atoms with Crippen molar-refractivity contribution in [2.75, 3.05) is 0 Å². The number of aliphatic carboxylic acids is 1. The number of fused-ring (bicyclic) bond motifs is 1. The van der Waals surface area contributed by atoms with Crippen LogP contribution in [-0.4, -0.2) is 16.9 Å². The smallest absolute Gasteiger partial charge is 0.335 e. The molecule has 72 valence electrons. The quantitative estimate of drug-likeness (QED) is 0.678. The van der Waals surface area contributed by atoms with E-state index in [-0.39, 0.29) is 17.6 Å². The molecule has 2 atom stereocenters. The second-order valence-electron chi connectivity index (χ2n) is 3.56. The third kappa shape index (κ3) is 1.53. The molecule has 2 aliphatic carbocycles. The molecule has 0 aliphatic heterocycles. The monoisotopic (exact) mass is 190 g/mol. The molecule has 0 amide bonds. The number of rotatable bonds is 1. The second-order valence-corrected chi connectivity index (χ2v) is 3.56. The average Bonchev–Trinajstić information content (AvgIpc) is 2.16. The molecule has 0 radical (unpaired) electrons. The first-order valence-corrected chi connectivity index (χ1v) is 4.51. The zero-order valence-electron chi connectivity index (χ0n) is 7.51. The van der Waals surface area contributed by atoms with Crippen LogP contribution in [0.5, 0.6) is 0 Å². The van der Waals surface area contributed by atoms with E-state index < -0.39 is 5.97 Å². The number of carboxylic acids is 1. The number of carboxylic acid groups (broad SMARTS) is 1. The average molecular weight is 190 g/mol. The Morgan fingerprint density at radius 3 is 2.86 bits per heavy atom. The lowest BCUT2D eigenvalue weighted by Crippen LogP contribution is -2.21. The molecule has 0 bridgehead atoms. The summed E-state index contributed by atoms with van der Waals surface area (Å²) in [4.78, 5) is 21.8. The Hall–Kier alpha value is -1.64. The van der Waals surface area contributed by atoms with Gasteiger partial charge in [-0.2, -0.15) is 0 Å². The number of allylic oxidation sites excluding steroid dienone is 4. The van der Waals surface area contributed by atoms with Gasteiger partial charge in [-0.15, -0.1) is 0 Å². The number of carbonyl (C=O) groups excluding carboxylic acids is 1. The number of carbonyl (C=O) groups is 2. The van der Waals surface area contributed by atoms with Gasteiger partial charge in [-0.25, -0.2) is 4.79 Å². The van der Waals surface area contributed by atoms with Crippen LogP contribution in [0.15, 0.2) is 36.0 Å². The van der Waals surface area contributed by atoms with Crippen molar-refractivity contribution in [3.63, 3.8) is 0 Å². The highest BCUT2D eigenvalue weighted by Crippen LogP contribution is 2.30. The Morgan fingerprint density at radius 2 is 2.14 bits per heavy atom. The molecule has 0 fully saturated rings. The number of hydrogen-bond acceptors (Lipinski definition) is 2. The Balaban J connectivity index is 2.27. The Morgan fingerprint density at radius 1 is 1.36 bits per heavy atom. The van der Waals surface area contributed by atoms with E-state index in [9.17, 15) is 9.59 Å². The Labute approximate surface area is 81.4 Å². The van der Waals surface area contributed by atoms with Crippen molar-refractivity contribution in [1.29, 1.82) is 0 Å². The summed E-state index contributed by atoms with van der Waals surface area (Å²) in [7, 11) is 0. The molecule has 0 spiro atoms. The van der Waals surface area contributed by atoms with Crippen molar-refractivity contribution in [3.05, 3.63) is 36.0 Å². The maximum atomic E-state index is 11.1. The van der Waals surface area contributed by atoms with Crippen molar-refractivity contribution in [2.24, 2.45) is 11.8 Å². The van der Waals surface area contributed by atoms with Crippen molar-refractivity contribution in [3.8, 4) is 0 Å². The molecule has 3 nitrogen and oxygen atoms in total. The summed E-state index contributed by atoms with van der Waals surface area (Å²) < 4.78 is 0. The van der Waals surface area contributed by atoms with Gasteiger partial charge in [0.1, 0.15) is 0 Å². The van der Waals surface area contributed by atoms with Gasteiger partial charge in [0, 0.05) is 12.3 Å². The third-order valence-corrected chi connectivity index (χ3v) is 2.58. The van der Waals surface area contributed by atoms with Gasteiger partial charge in [-0.05, 0) is 12.0 Å². The van der Waals surface area contributed by atoms with Crippen LogP contribution in [0, 0.1) is 11.8 Å².